The number of benzene rings is 2. The number of aryl methyl sites for hydroxylation is 1. The molecule has 2 aromatic rings. The van der Waals surface area contributed by atoms with E-state index in [9.17, 15) is 0 Å². The predicted molar refractivity (Wildman–Crippen MR) is 118 cm³/mol. The summed E-state index contributed by atoms with van der Waals surface area (Å²) in [6.45, 7) is 9.63. The first-order valence-corrected chi connectivity index (χ1v) is 10.3. The Bertz CT molecular complexity index is 797. The molecule has 0 N–H and O–H groups in total. The number of rotatable bonds is 10. The second-order valence-corrected chi connectivity index (χ2v) is 7.62. The number of hydrogen-bond acceptors (Lipinski definition) is 6. The molecule has 2 aromatic carbocycles. The maximum atomic E-state index is 8.12. The fraction of sp³-hybridized carbons (Fsp3) is 0.348. The lowest BCUT2D eigenvalue weighted by Gasteiger charge is -2.14. The first kappa shape index (κ1) is 24.3. The molecule has 0 aliphatic heterocycles. The molecule has 0 heterocycles. The minimum absolute atomic E-state index is 0.250. The Hall–Kier alpha value is -2.69. The topological polar surface area (TPSA) is 55.8 Å². The zero-order valence-corrected chi connectivity index (χ0v) is 18.4. The van der Waals surface area contributed by atoms with Crippen LogP contribution in [-0.2, 0) is 9.59 Å². The van der Waals surface area contributed by atoms with Crippen molar-refractivity contribution in [3.8, 4) is 11.5 Å². The van der Waals surface area contributed by atoms with Crippen molar-refractivity contribution in [1.29, 1.82) is 0 Å². The highest BCUT2D eigenvalue weighted by Crippen LogP contribution is 2.27. The van der Waals surface area contributed by atoms with Gasteiger partial charge in [0.15, 0.2) is 0 Å². The smallest absolute Gasteiger partial charge is 0.373 e. The molecule has 0 aliphatic carbocycles. The number of ether oxygens (including phenoxy) is 2. The summed E-state index contributed by atoms with van der Waals surface area (Å²) in [4.78, 5) is 19.5. The number of thioether (sulfide) groups is 1. The Kier molecular flexibility index (Phi) is 11.3. The fourth-order valence-corrected chi connectivity index (χ4v) is 3.22. The Morgan fingerprint density at radius 3 is 2.31 bits per heavy atom. The van der Waals surface area contributed by atoms with Crippen LogP contribution in [0.25, 0.3) is 0 Å². The lowest BCUT2D eigenvalue weighted by atomic mass is 10.2. The third-order valence-electron chi connectivity index (χ3n) is 3.85. The third-order valence-corrected chi connectivity index (χ3v) is 4.99. The van der Waals surface area contributed by atoms with Gasteiger partial charge in [0.2, 0.25) is 0 Å². The molecule has 0 amide bonds. The maximum absolute atomic E-state index is 8.12. The third kappa shape index (κ3) is 9.37. The molecule has 156 valence electrons. The van der Waals surface area contributed by atoms with Gasteiger partial charge in [-0.3, -0.25) is 0 Å². The average Bonchev–Trinajstić information content (AvgIpc) is 2.71. The van der Waals surface area contributed by atoms with E-state index in [-0.39, 0.29) is 6.15 Å². The van der Waals surface area contributed by atoms with Crippen LogP contribution < -0.4 is 14.4 Å². The molecule has 0 atom stereocenters. The van der Waals surface area contributed by atoms with Crippen LogP contribution >= 0.6 is 11.8 Å². The van der Waals surface area contributed by atoms with Gasteiger partial charge in [0.25, 0.3) is 0 Å². The fourth-order valence-electron chi connectivity index (χ4n) is 2.34. The SMILES string of the molecule is C=C(COc1ccc(N(C)C)cc1)CSc1ccc(OCCC)c(C)c1.O=C=O. The zero-order valence-electron chi connectivity index (χ0n) is 17.6. The van der Waals surface area contributed by atoms with Crippen LogP contribution in [0.3, 0.4) is 0 Å². The van der Waals surface area contributed by atoms with Gasteiger partial charge in [-0.2, -0.15) is 9.59 Å². The van der Waals surface area contributed by atoms with Crippen LogP contribution in [0.4, 0.5) is 5.69 Å². The quantitative estimate of drug-likeness (QED) is 0.402. The second kappa shape index (κ2) is 13.5. The molecule has 0 saturated carbocycles. The number of hydrogen-bond donors (Lipinski definition) is 0. The van der Waals surface area contributed by atoms with E-state index in [2.05, 4.69) is 55.7 Å². The summed E-state index contributed by atoms with van der Waals surface area (Å²) in [6.07, 6.45) is 1.27. The summed E-state index contributed by atoms with van der Waals surface area (Å²) in [5.41, 5.74) is 3.40. The van der Waals surface area contributed by atoms with Crippen molar-refractivity contribution in [2.24, 2.45) is 0 Å². The van der Waals surface area contributed by atoms with Gasteiger partial charge in [-0.25, -0.2) is 0 Å². The summed E-state index contributed by atoms with van der Waals surface area (Å²) in [7, 11) is 4.05. The van der Waals surface area contributed by atoms with Crippen LogP contribution in [0.1, 0.15) is 18.9 Å². The molecule has 0 radical (unpaired) electrons. The Labute approximate surface area is 177 Å². The molecular formula is C23H29NO4S. The molecule has 6 heteroatoms. The Morgan fingerprint density at radius 1 is 1.10 bits per heavy atom. The first-order chi connectivity index (χ1) is 13.9. The van der Waals surface area contributed by atoms with Crippen LogP contribution in [-0.4, -0.2) is 39.2 Å². The van der Waals surface area contributed by atoms with Crippen molar-refractivity contribution in [3.63, 3.8) is 0 Å². The minimum Gasteiger partial charge on any atom is -0.493 e. The zero-order chi connectivity index (χ0) is 21.6. The monoisotopic (exact) mass is 415 g/mol. The number of anilines is 1. The van der Waals surface area contributed by atoms with Gasteiger partial charge >= 0.3 is 6.15 Å². The summed E-state index contributed by atoms with van der Waals surface area (Å²) in [6, 6.07) is 14.4. The van der Waals surface area contributed by atoms with Crippen molar-refractivity contribution in [3.05, 3.63) is 60.2 Å². The highest BCUT2D eigenvalue weighted by atomic mass is 32.2. The molecule has 2 rings (SSSR count). The summed E-state index contributed by atoms with van der Waals surface area (Å²) >= 11 is 1.77. The van der Waals surface area contributed by atoms with Gasteiger partial charge in [0.05, 0.1) is 6.61 Å². The molecule has 29 heavy (non-hydrogen) atoms. The van der Waals surface area contributed by atoms with Gasteiger partial charge < -0.3 is 14.4 Å². The highest BCUT2D eigenvalue weighted by Gasteiger charge is 2.04. The van der Waals surface area contributed by atoms with E-state index in [0.717, 1.165) is 41.5 Å². The van der Waals surface area contributed by atoms with Crippen molar-refractivity contribution < 1.29 is 19.1 Å². The molecule has 0 saturated heterocycles. The van der Waals surface area contributed by atoms with Gasteiger partial charge in [-0.05, 0) is 66.9 Å². The summed E-state index contributed by atoms with van der Waals surface area (Å²) in [5, 5.41) is 0. The number of carbonyl (C=O) groups excluding carboxylic acids is 2. The second-order valence-electron chi connectivity index (χ2n) is 6.57. The predicted octanol–water partition coefficient (Wildman–Crippen LogP) is 4.99. The van der Waals surface area contributed by atoms with Crippen LogP contribution in [0.2, 0.25) is 0 Å². The molecule has 5 nitrogen and oxygen atoms in total. The van der Waals surface area contributed by atoms with Gasteiger partial charge in [0.1, 0.15) is 18.1 Å². The Balaban J connectivity index is 0.00000132. The molecular weight excluding hydrogens is 386 g/mol. The van der Waals surface area contributed by atoms with E-state index >= 15 is 0 Å². The standard InChI is InChI=1S/C22H29NO2S.CO2/c1-6-13-24-22-12-11-21(14-18(22)3)26-16-17(2)15-25-20-9-7-19(8-10-20)23(4)5;2-1-3/h7-12,14H,2,6,13,15-16H2,1,3-5H3;. The molecule has 0 aliphatic rings. The molecule has 0 aromatic heterocycles. The maximum Gasteiger partial charge on any atom is 0.373 e. The molecule has 0 spiro atoms. The normalized spacial score (nSPS) is 9.66. The van der Waals surface area contributed by atoms with Crippen LogP contribution in [0.15, 0.2) is 59.5 Å². The first-order valence-electron chi connectivity index (χ1n) is 9.33. The van der Waals surface area contributed by atoms with Crippen molar-refractivity contribution in [2.75, 3.05) is 38.0 Å². The van der Waals surface area contributed by atoms with Crippen LogP contribution in [0.5, 0.6) is 11.5 Å². The van der Waals surface area contributed by atoms with Gasteiger partial charge in [-0.1, -0.05) is 13.5 Å². The summed E-state index contributed by atoms with van der Waals surface area (Å²) < 4.78 is 11.6. The van der Waals surface area contributed by atoms with E-state index < -0.39 is 0 Å². The Morgan fingerprint density at radius 2 is 1.76 bits per heavy atom. The minimum atomic E-state index is 0.250. The van der Waals surface area contributed by atoms with Gasteiger partial charge in [0, 0.05) is 30.4 Å². The van der Waals surface area contributed by atoms with Crippen molar-refractivity contribution in [2.45, 2.75) is 25.2 Å². The van der Waals surface area contributed by atoms with Gasteiger partial charge in [-0.15, -0.1) is 11.8 Å². The number of nitrogens with zero attached hydrogens (tertiary/aromatic N) is 1. The average molecular weight is 416 g/mol. The van der Waals surface area contributed by atoms with E-state index in [0.29, 0.717) is 6.61 Å². The molecule has 0 unspecified atom stereocenters. The van der Waals surface area contributed by atoms with E-state index in [1.54, 1.807) is 11.8 Å². The van der Waals surface area contributed by atoms with Crippen molar-refractivity contribution in [1.82, 2.24) is 0 Å². The lowest BCUT2D eigenvalue weighted by Crippen LogP contribution is -2.08. The van der Waals surface area contributed by atoms with Crippen molar-refractivity contribution >= 4 is 23.6 Å². The van der Waals surface area contributed by atoms with E-state index in [1.165, 1.54) is 10.5 Å². The van der Waals surface area contributed by atoms with E-state index in [1.807, 2.05) is 26.2 Å². The molecule has 0 fully saturated rings. The lowest BCUT2D eigenvalue weighted by molar-refractivity contribution is -0.191. The largest absolute Gasteiger partial charge is 0.493 e. The van der Waals surface area contributed by atoms with Crippen LogP contribution in [0, 0.1) is 6.92 Å². The summed E-state index contributed by atoms with van der Waals surface area (Å²) in [5.74, 6) is 2.68. The molecule has 0 bridgehead atoms. The highest BCUT2D eigenvalue weighted by molar-refractivity contribution is 7.99. The van der Waals surface area contributed by atoms with E-state index in [4.69, 9.17) is 19.1 Å².